The van der Waals surface area contributed by atoms with Crippen molar-refractivity contribution in [1.82, 2.24) is 0 Å². The number of anilines is 1. The number of hydrogen-bond donors (Lipinski definition) is 1. The second-order valence-corrected chi connectivity index (χ2v) is 8.29. The van der Waals surface area contributed by atoms with Crippen molar-refractivity contribution >= 4 is 34.7 Å². The van der Waals surface area contributed by atoms with Crippen molar-refractivity contribution in [3.05, 3.63) is 87.1 Å². The number of methoxy groups -OCH3 is 1. The number of benzene rings is 2. The van der Waals surface area contributed by atoms with Crippen LogP contribution in [0.3, 0.4) is 0 Å². The quantitative estimate of drug-likeness (QED) is 0.304. The van der Waals surface area contributed by atoms with Gasteiger partial charge in [-0.1, -0.05) is 17.7 Å². The standard InChI is InChI=1S/C25H21ClFNO5/c1-12-9-13(2)24(32-4)16(10-12)22(29)20-21(19-8-5-14(3)33-19)28(25(31)23(20)30)15-6-7-18(27)17(26)11-15/h5-11,21,29H,1-4H3/b22-20+. The number of halogens is 2. The molecule has 8 heteroatoms. The van der Waals surface area contributed by atoms with Crippen molar-refractivity contribution in [3.8, 4) is 5.75 Å². The van der Waals surface area contributed by atoms with E-state index in [0.29, 0.717) is 11.5 Å². The van der Waals surface area contributed by atoms with Crippen LogP contribution in [0, 0.1) is 26.6 Å². The topological polar surface area (TPSA) is 80.0 Å². The molecule has 4 rings (SSSR count). The second-order valence-electron chi connectivity index (χ2n) is 7.88. The van der Waals surface area contributed by atoms with Crippen molar-refractivity contribution in [2.75, 3.05) is 12.0 Å². The average Bonchev–Trinajstić information content (AvgIpc) is 3.30. The van der Waals surface area contributed by atoms with Crippen LogP contribution in [0.15, 0.2) is 52.5 Å². The Hall–Kier alpha value is -3.58. The van der Waals surface area contributed by atoms with Gasteiger partial charge in [0.2, 0.25) is 0 Å². The van der Waals surface area contributed by atoms with Crippen LogP contribution in [-0.4, -0.2) is 23.9 Å². The maximum Gasteiger partial charge on any atom is 0.300 e. The van der Waals surface area contributed by atoms with Gasteiger partial charge in [0.25, 0.3) is 11.7 Å². The molecule has 3 aromatic rings. The zero-order chi connectivity index (χ0) is 24.0. The Morgan fingerprint density at radius 3 is 2.45 bits per heavy atom. The number of aliphatic hydroxyl groups is 1. The summed E-state index contributed by atoms with van der Waals surface area (Å²) in [4.78, 5) is 27.5. The third-order valence-corrected chi connectivity index (χ3v) is 5.82. The SMILES string of the molecule is COc1c(C)cc(C)cc1/C(O)=C1\C(=O)C(=O)N(c2ccc(F)c(Cl)c2)C1c1ccc(C)o1. The molecule has 0 aliphatic carbocycles. The van der Waals surface area contributed by atoms with E-state index in [0.717, 1.165) is 22.1 Å². The van der Waals surface area contributed by atoms with Gasteiger partial charge in [0.05, 0.1) is 23.3 Å². The molecule has 1 atom stereocenters. The molecule has 1 aliphatic heterocycles. The maximum atomic E-state index is 13.8. The molecule has 2 heterocycles. The summed E-state index contributed by atoms with van der Waals surface area (Å²) >= 11 is 5.94. The van der Waals surface area contributed by atoms with Gasteiger partial charge in [-0.05, 0) is 68.3 Å². The number of aryl methyl sites for hydroxylation is 3. The molecule has 170 valence electrons. The number of carbonyl (C=O) groups is 2. The Morgan fingerprint density at radius 1 is 1.12 bits per heavy atom. The molecule has 0 spiro atoms. The first-order valence-electron chi connectivity index (χ1n) is 10.1. The smallest absolute Gasteiger partial charge is 0.300 e. The second kappa shape index (κ2) is 8.41. The summed E-state index contributed by atoms with van der Waals surface area (Å²) in [5.74, 6) is -1.68. The van der Waals surface area contributed by atoms with E-state index in [2.05, 4.69) is 0 Å². The lowest BCUT2D eigenvalue weighted by Gasteiger charge is -2.24. The van der Waals surface area contributed by atoms with E-state index < -0.39 is 29.3 Å². The van der Waals surface area contributed by atoms with E-state index in [4.69, 9.17) is 20.8 Å². The monoisotopic (exact) mass is 469 g/mol. The van der Waals surface area contributed by atoms with Crippen molar-refractivity contribution in [3.63, 3.8) is 0 Å². The summed E-state index contributed by atoms with van der Waals surface area (Å²) in [6.45, 7) is 5.38. The van der Waals surface area contributed by atoms with Crippen molar-refractivity contribution in [1.29, 1.82) is 0 Å². The number of amides is 1. The third kappa shape index (κ3) is 3.78. The van der Waals surface area contributed by atoms with E-state index in [-0.39, 0.29) is 27.6 Å². The van der Waals surface area contributed by atoms with Gasteiger partial charge in [-0.2, -0.15) is 0 Å². The first-order valence-corrected chi connectivity index (χ1v) is 10.5. The van der Waals surface area contributed by atoms with Crippen LogP contribution in [0.1, 0.15) is 34.3 Å². The van der Waals surface area contributed by atoms with Crippen LogP contribution < -0.4 is 9.64 Å². The minimum atomic E-state index is -1.09. The number of rotatable bonds is 4. The van der Waals surface area contributed by atoms with E-state index in [1.54, 1.807) is 25.1 Å². The van der Waals surface area contributed by atoms with E-state index in [9.17, 15) is 19.1 Å². The van der Waals surface area contributed by atoms with Gasteiger partial charge in [-0.25, -0.2) is 4.39 Å². The van der Waals surface area contributed by atoms with Crippen LogP contribution in [-0.2, 0) is 9.59 Å². The fourth-order valence-corrected chi connectivity index (χ4v) is 4.32. The van der Waals surface area contributed by atoms with Crippen LogP contribution >= 0.6 is 11.6 Å². The molecule has 33 heavy (non-hydrogen) atoms. The Labute approximate surface area is 194 Å². The third-order valence-electron chi connectivity index (χ3n) is 5.53. The lowest BCUT2D eigenvalue weighted by molar-refractivity contribution is -0.132. The van der Waals surface area contributed by atoms with Gasteiger partial charge >= 0.3 is 0 Å². The fourth-order valence-electron chi connectivity index (χ4n) is 4.15. The van der Waals surface area contributed by atoms with Crippen LogP contribution in [0.2, 0.25) is 5.02 Å². The summed E-state index contributed by atoms with van der Waals surface area (Å²) in [7, 11) is 1.46. The number of Topliss-reactive ketones (excluding diaryl/α,β-unsaturated/α-hetero) is 1. The van der Waals surface area contributed by atoms with E-state index >= 15 is 0 Å². The maximum absolute atomic E-state index is 13.8. The molecule has 1 N–H and O–H groups in total. The first-order chi connectivity index (χ1) is 15.6. The van der Waals surface area contributed by atoms with Gasteiger partial charge < -0.3 is 14.3 Å². The van der Waals surface area contributed by atoms with Crippen LogP contribution in [0.25, 0.3) is 5.76 Å². The minimum absolute atomic E-state index is 0.168. The van der Waals surface area contributed by atoms with Crippen molar-refractivity contribution in [2.24, 2.45) is 0 Å². The minimum Gasteiger partial charge on any atom is -0.507 e. The zero-order valence-electron chi connectivity index (χ0n) is 18.4. The highest BCUT2D eigenvalue weighted by Gasteiger charge is 2.48. The van der Waals surface area contributed by atoms with Gasteiger partial charge in [-0.3, -0.25) is 14.5 Å². The molecule has 6 nitrogen and oxygen atoms in total. The van der Waals surface area contributed by atoms with Crippen molar-refractivity contribution < 1.29 is 28.2 Å². The predicted octanol–water partition coefficient (Wildman–Crippen LogP) is 5.63. The molecular weight excluding hydrogens is 449 g/mol. The van der Waals surface area contributed by atoms with Crippen LogP contribution in [0.5, 0.6) is 5.75 Å². The zero-order valence-corrected chi connectivity index (χ0v) is 19.2. The number of ether oxygens (including phenoxy) is 1. The largest absolute Gasteiger partial charge is 0.507 e. The molecule has 1 saturated heterocycles. The highest BCUT2D eigenvalue weighted by Crippen LogP contribution is 2.44. The number of hydrogen-bond acceptors (Lipinski definition) is 5. The van der Waals surface area contributed by atoms with Gasteiger partial charge in [0, 0.05) is 5.69 Å². The molecule has 0 radical (unpaired) electrons. The summed E-state index contributed by atoms with van der Waals surface area (Å²) in [5.41, 5.74) is 1.88. The predicted molar refractivity (Wildman–Crippen MR) is 122 cm³/mol. The summed E-state index contributed by atoms with van der Waals surface area (Å²) < 4.78 is 25.0. The first kappa shape index (κ1) is 22.6. The lowest BCUT2D eigenvalue weighted by atomic mass is 9.96. The number of ketones is 1. The molecular formula is C25H21ClFNO5. The fraction of sp³-hybridized carbons (Fsp3) is 0.200. The van der Waals surface area contributed by atoms with Crippen LogP contribution in [0.4, 0.5) is 10.1 Å². The number of furan rings is 1. The summed E-state index contributed by atoms with van der Waals surface area (Å²) in [6.07, 6.45) is 0. The van der Waals surface area contributed by atoms with Gasteiger partial charge in [0.15, 0.2) is 0 Å². The normalized spacial score (nSPS) is 17.6. The molecule has 1 fully saturated rings. The summed E-state index contributed by atoms with van der Waals surface area (Å²) in [6, 6.07) is 9.46. The molecule has 0 saturated carbocycles. The number of aliphatic hydroxyl groups excluding tert-OH is 1. The Morgan fingerprint density at radius 2 is 1.85 bits per heavy atom. The molecule has 0 bridgehead atoms. The highest BCUT2D eigenvalue weighted by atomic mass is 35.5. The Kier molecular flexibility index (Phi) is 5.76. The number of nitrogens with zero attached hydrogens (tertiary/aromatic N) is 1. The van der Waals surface area contributed by atoms with E-state index in [1.165, 1.54) is 19.2 Å². The van der Waals surface area contributed by atoms with Crippen molar-refractivity contribution in [2.45, 2.75) is 26.8 Å². The molecule has 1 aromatic heterocycles. The molecule has 2 aromatic carbocycles. The summed E-state index contributed by atoms with van der Waals surface area (Å²) in [5, 5.41) is 11.1. The Balaban J connectivity index is 2.00. The van der Waals surface area contributed by atoms with Gasteiger partial charge in [0.1, 0.15) is 34.9 Å². The van der Waals surface area contributed by atoms with E-state index in [1.807, 2.05) is 19.9 Å². The highest BCUT2D eigenvalue weighted by molar-refractivity contribution is 6.51. The average molecular weight is 470 g/mol. The molecule has 1 amide bonds. The Bertz CT molecular complexity index is 1330. The van der Waals surface area contributed by atoms with Gasteiger partial charge in [-0.15, -0.1) is 0 Å². The molecule has 1 unspecified atom stereocenters. The molecule has 1 aliphatic rings. The lowest BCUT2D eigenvalue weighted by Crippen LogP contribution is -2.29. The number of carbonyl (C=O) groups excluding carboxylic acids is 2.